The van der Waals surface area contributed by atoms with Gasteiger partial charge in [-0.1, -0.05) is 11.6 Å². The maximum atomic E-state index is 14.9. The number of hydrogen-bond donors (Lipinski definition) is 4. The summed E-state index contributed by atoms with van der Waals surface area (Å²) in [6, 6.07) is 13.5. The van der Waals surface area contributed by atoms with Gasteiger partial charge >= 0.3 is 12.2 Å². The van der Waals surface area contributed by atoms with Crippen molar-refractivity contribution < 1.29 is 49.9 Å². The Bertz CT molecular complexity index is 2210. The average Bonchev–Trinajstić information content (AvgIpc) is 3.07. The van der Waals surface area contributed by atoms with Crippen molar-refractivity contribution >= 4 is 46.5 Å². The number of ether oxygens (including phenoxy) is 2. The number of halogens is 6. The van der Waals surface area contributed by atoms with Gasteiger partial charge in [0.2, 0.25) is 0 Å². The molecule has 4 amide bonds. The zero-order valence-electron chi connectivity index (χ0n) is 27.9. The molecule has 17 heteroatoms. The third-order valence-electron chi connectivity index (χ3n) is 6.42. The second-order valence-corrected chi connectivity index (χ2v) is 10.3. The normalized spacial score (nSPS) is 12.1. The first kappa shape index (κ1) is 31.0. The maximum Gasteiger partial charge on any atom is 0.417 e. The van der Waals surface area contributed by atoms with Crippen LogP contribution in [0.2, 0.25) is 5.02 Å². The number of carbonyl (C=O) groups is 3. The second kappa shape index (κ2) is 14.9. The lowest BCUT2D eigenvalue weighted by Gasteiger charge is -2.13. The SMILES string of the molecule is [2H]C([2H])([2H])NC(=O)c1cc(Oc2ccc(NC(=O)c3cc(Oc4ccc(NC(=O)Nc5ccc(Cl)c(C(F)(F)F)c5)c(F)c4)ccn3)c(F)c2)ccn1. The van der Waals surface area contributed by atoms with Crippen molar-refractivity contribution in [3.05, 3.63) is 125 Å². The van der Waals surface area contributed by atoms with Crippen molar-refractivity contribution in [2.45, 2.75) is 6.18 Å². The summed E-state index contributed by atoms with van der Waals surface area (Å²) in [6.45, 7) is -2.74. The summed E-state index contributed by atoms with van der Waals surface area (Å²) in [6.07, 6.45) is -2.37. The summed E-state index contributed by atoms with van der Waals surface area (Å²) in [5, 5.41) is 7.90. The molecule has 3 aromatic carbocycles. The standard InChI is InChI=1S/C33H22ClF5N6O5/c1-40-30(46)28-15-20(8-10-41-28)49-18-3-6-26(24(35)13-18)44-31(47)29-16-21(9-11-42-29)50-19-4-7-27(25(36)14-19)45-32(48)43-17-2-5-23(34)22(12-17)33(37,38)39/h2-16H,1H3,(H,40,46)(H,44,47)(H2,43,45,48)/i1D3. The minimum absolute atomic E-state index is 0.0275. The molecule has 5 rings (SSSR count). The highest BCUT2D eigenvalue weighted by Gasteiger charge is 2.33. The predicted octanol–water partition coefficient (Wildman–Crippen LogP) is 8.27. The van der Waals surface area contributed by atoms with Gasteiger partial charge in [0.25, 0.3) is 11.8 Å². The van der Waals surface area contributed by atoms with Crippen LogP contribution >= 0.6 is 11.6 Å². The molecule has 11 nitrogen and oxygen atoms in total. The zero-order chi connectivity index (χ0) is 38.5. The molecule has 0 radical (unpaired) electrons. The number of pyridine rings is 2. The molecule has 0 saturated carbocycles. The van der Waals surface area contributed by atoms with Crippen LogP contribution in [-0.2, 0) is 6.18 Å². The fourth-order valence-electron chi connectivity index (χ4n) is 4.15. The quantitative estimate of drug-likeness (QED) is 0.113. The molecule has 5 aromatic rings. The molecule has 2 heterocycles. The van der Waals surface area contributed by atoms with E-state index in [1.807, 2.05) is 0 Å². The number of hydrogen-bond acceptors (Lipinski definition) is 7. The zero-order valence-corrected chi connectivity index (χ0v) is 25.6. The fraction of sp³-hybridized carbons (Fsp3) is 0.0606. The molecule has 0 saturated heterocycles. The summed E-state index contributed by atoms with van der Waals surface area (Å²) in [5.74, 6) is -3.73. The van der Waals surface area contributed by atoms with E-state index in [1.165, 1.54) is 48.8 Å². The van der Waals surface area contributed by atoms with Crippen molar-refractivity contribution in [2.75, 3.05) is 22.9 Å². The molecule has 2 aromatic heterocycles. The number of rotatable bonds is 9. The number of urea groups is 1. The van der Waals surface area contributed by atoms with Gasteiger partial charge in [-0.25, -0.2) is 13.6 Å². The summed E-state index contributed by atoms with van der Waals surface area (Å²) < 4.78 is 102. The van der Waals surface area contributed by atoms with Crippen molar-refractivity contribution in [1.82, 2.24) is 15.3 Å². The molecule has 0 aliphatic carbocycles. The van der Waals surface area contributed by atoms with E-state index in [0.29, 0.717) is 6.07 Å². The Labute approximate surface area is 288 Å². The van der Waals surface area contributed by atoms with Gasteiger partial charge < -0.3 is 30.7 Å². The van der Waals surface area contributed by atoms with Crippen molar-refractivity contribution in [2.24, 2.45) is 0 Å². The van der Waals surface area contributed by atoms with Gasteiger partial charge in [-0.2, -0.15) is 13.2 Å². The van der Waals surface area contributed by atoms with E-state index >= 15 is 0 Å². The predicted molar refractivity (Wildman–Crippen MR) is 172 cm³/mol. The van der Waals surface area contributed by atoms with Crippen LogP contribution in [0.5, 0.6) is 23.0 Å². The van der Waals surface area contributed by atoms with Gasteiger partial charge in [0.05, 0.1) is 22.0 Å². The van der Waals surface area contributed by atoms with Gasteiger partial charge in [0.1, 0.15) is 46.0 Å². The first-order chi connectivity index (χ1) is 24.9. The third-order valence-corrected chi connectivity index (χ3v) is 6.75. The van der Waals surface area contributed by atoms with Crippen LogP contribution in [0.3, 0.4) is 0 Å². The Hall–Kier alpha value is -6.29. The molecule has 0 unspecified atom stereocenters. The smallest absolute Gasteiger partial charge is 0.417 e. The van der Waals surface area contributed by atoms with Gasteiger partial charge in [-0.15, -0.1) is 0 Å². The maximum absolute atomic E-state index is 14.9. The van der Waals surface area contributed by atoms with E-state index in [2.05, 4.69) is 25.9 Å². The topological polar surface area (TPSA) is 144 Å². The molecule has 50 heavy (non-hydrogen) atoms. The summed E-state index contributed by atoms with van der Waals surface area (Å²) in [7, 11) is 0. The van der Waals surface area contributed by atoms with E-state index in [0.717, 1.165) is 36.4 Å². The number of anilines is 3. The number of aromatic nitrogens is 2. The van der Waals surface area contributed by atoms with Crippen LogP contribution < -0.4 is 30.7 Å². The van der Waals surface area contributed by atoms with Crippen LogP contribution in [0, 0.1) is 11.6 Å². The van der Waals surface area contributed by atoms with Gasteiger partial charge in [-0.05, 0) is 54.6 Å². The third kappa shape index (κ3) is 8.78. The molecular formula is C33H22ClF5N6O5. The molecule has 0 aliphatic rings. The molecule has 0 fully saturated rings. The van der Waals surface area contributed by atoms with Gasteiger partial charge in [0, 0.05) is 53.4 Å². The Morgan fingerprint density at radius 3 is 1.78 bits per heavy atom. The van der Waals surface area contributed by atoms with Crippen LogP contribution in [0.4, 0.5) is 43.8 Å². The van der Waals surface area contributed by atoms with E-state index in [9.17, 15) is 36.3 Å². The summed E-state index contributed by atoms with van der Waals surface area (Å²) in [4.78, 5) is 45.0. The van der Waals surface area contributed by atoms with Crippen LogP contribution in [0.1, 0.15) is 30.7 Å². The first-order valence-corrected chi connectivity index (χ1v) is 14.3. The molecule has 0 aliphatic heterocycles. The monoisotopic (exact) mass is 715 g/mol. The van der Waals surface area contributed by atoms with Crippen molar-refractivity contribution in [1.29, 1.82) is 0 Å². The number of nitrogens with zero attached hydrogens (tertiary/aromatic N) is 2. The van der Waals surface area contributed by atoms with E-state index in [1.54, 1.807) is 5.32 Å². The summed E-state index contributed by atoms with van der Waals surface area (Å²) in [5.41, 5.74) is -2.48. The Kier molecular flexibility index (Phi) is 9.22. The molecule has 256 valence electrons. The highest BCUT2D eigenvalue weighted by Crippen LogP contribution is 2.36. The Balaban J connectivity index is 1.19. The van der Waals surface area contributed by atoms with Crippen LogP contribution in [-0.4, -0.2) is 34.8 Å². The minimum atomic E-state index is -4.77. The lowest BCUT2D eigenvalue weighted by atomic mass is 10.2. The first-order valence-electron chi connectivity index (χ1n) is 15.4. The number of nitrogens with one attached hydrogen (secondary N) is 4. The fourth-order valence-corrected chi connectivity index (χ4v) is 4.37. The number of amides is 4. The van der Waals surface area contributed by atoms with Crippen molar-refractivity contribution in [3.63, 3.8) is 0 Å². The average molecular weight is 716 g/mol. The Morgan fingerprint density at radius 2 is 1.24 bits per heavy atom. The van der Waals surface area contributed by atoms with Crippen LogP contribution in [0.25, 0.3) is 0 Å². The summed E-state index contributed by atoms with van der Waals surface area (Å²) >= 11 is 5.58. The van der Waals surface area contributed by atoms with Crippen LogP contribution in [0.15, 0.2) is 91.3 Å². The van der Waals surface area contributed by atoms with Gasteiger partial charge in [0.15, 0.2) is 0 Å². The molecule has 0 spiro atoms. The molecule has 0 atom stereocenters. The molecule has 0 bridgehead atoms. The second-order valence-electron chi connectivity index (χ2n) is 9.92. The highest BCUT2D eigenvalue weighted by atomic mass is 35.5. The lowest BCUT2D eigenvalue weighted by Crippen LogP contribution is -2.20. The lowest BCUT2D eigenvalue weighted by molar-refractivity contribution is -0.137. The van der Waals surface area contributed by atoms with Gasteiger partial charge in [-0.3, -0.25) is 19.6 Å². The number of carbonyl (C=O) groups excluding carboxylic acids is 3. The largest absolute Gasteiger partial charge is 0.457 e. The molecule has 4 N–H and O–H groups in total. The van der Waals surface area contributed by atoms with E-state index in [4.69, 9.17) is 25.2 Å². The van der Waals surface area contributed by atoms with E-state index in [-0.39, 0.29) is 51.4 Å². The van der Waals surface area contributed by atoms with E-state index < -0.39 is 53.2 Å². The number of alkyl halides is 3. The van der Waals surface area contributed by atoms with Crippen molar-refractivity contribution in [3.8, 4) is 23.0 Å². The number of benzene rings is 3. The molecular weight excluding hydrogens is 691 g/mol. The minimum Gasteiger partial charge on any atom is -0.457 e. The Morgan fingerprint density at radius 1 is 0.700 bits per heavy atom. The highest BCUT2D eigenvalue weighted by molar-refractivity contribution is 6.31.